The number of hydrogen-bond donors (Lipinski definition) is 1. The SMILES string of the molecule is Cc1cc(C)n(CCNC(=O)CC(c2ccccc2)c2ccccc2)n1. The van der Waals surface area contributed by atoms with Crippen molar-refractivity contribution in [2.24, 2.45) is 0 Å². The molecule has 0 aliphatic heterocycles. The van der Waals surface area contributed by atoms with Gasteiger partial charge in [0, 0.05) is 24.6 Å². The highest BCUT2D eigenvalue weighted by Gasteiger charge is 2.17. The molecule has 0 radical (unpaired) electrons. The van der Waals surface area contributed by atoms with Crippen LogP contribution in [0.15, 0.2) is 66.7 Å². The minimum atomic E-state index is 0.0595. The normalized spacial score (nSPS) is 10.9. The fourth-order valence-corrected chi connectivity index (χ4v) is 3.26. The molecule has 1 aromatic heterocycles. The van der Waals surface area contributed by atoms with Crippen molar-refractivity contribution >= 4 is 5.91 Å². The number of aryl methyl sites for hydroxylation is 2. The first-order valence-corrected chi connectivity index (χ1v) is 9.01. The van der Waals surface area contributed by atoms with Gasteiger partial charge >= 0.3 is 0 Å². The molecule has 4 heteroatoms. The van der Waals surface area contributed by atoms with Gasteiger partial charge in [-0.1, -0.05) is 60.7 Å². The molecule has 4 nitrogen and oxygen atoms in total. The zero-order valence-corrected chi connectivity index (χ0v) is 15.4. The van der Waals surface area contributed by atoms with Crippen LogP contribution in [0.5, 0.6) is 0 Å². The molecule has 0 unspecified atom stereocenters. The van der Waals surface area contributed by atoms with E-state index in [0.717, 1.165) is 22.5 Å². The van der Waals surface area contributed by atoms with Gasteiger partial charge in [-0.3, -0.25) is 9.48 Å². The summed E-state index contributed by atoms with van der Waals surface area (Å²) in [6.45, 7) is 5.28. The van der Waals surface area contributed by atoms with Crippen molar-refractivity contribution in [2.75, 3.05) is 6.54 Å². The molecule has 1 N–H and O–H groups in total. The molecule has 0 saturated heterocycles. The van der Waals surface area contributed by atoms with Gasteiger partial charge in [-0.15, -0.1) is 0 Å². The largest absolute Gasteiger partial charge is 0.354 e. The molecule has 0 saturated carbocycles. The van der Waals surface area contributed by atoms with Crippen LogP contribution in [0, 0.1) is 13.8 Å². The molecule has 0 atom stereocenters. The Bertz CT molecular complexity index is 801. The molecule has 0 aliphatic rings. The van der Waals surface area contributed by atoms with Crippen LogP contribution >= 0.6 is 0 Å². The van der Waals surface area contributed by atoms with Crippen LogP contribution in [-0.2, 0) is 11.3 Å². The quantitative estimate of drug-likeness (QED) is 0.706. The molecule has 134 valence electrons. The third-order valence-electron chi connectivity index (χ3n) is 4.54. The standard InChI is InChI=1S/C22H25N3O/c1-17-15-18(2)25(24-17)14-13-23-22(26)16-21(19-9-5-3-6-10-19)20-11-7-4-8-12-20/h3-12,15,21H,13-14,16H2,1-2H3,(H,23,26). The third kappa shape index (κ3) is 4.60. The second-order valence-electron chi connectivity index (χ2n) is 6.58. The van der Waals surface area contributed by atoms with Gasteiger partial charge in [-0.05, 0) is 31.0 Å². The van der Waals surface area contributed by atoms with Crippen LogP contribution in [0.2, 0.25) is 0 Å². The molecule has 0 aliphatic carbocycles. The summed E-state index contributed by atoms with van der Waals surface area (Å²) in [6.07, 6.45) is 0.436. The fourth-order valence-electron chi connectivity index (χ4n) is 3.26. The topological polar surface area (TPSA) is 46.9 Å². The minimum Gasteiger partial charge on any atom is -0.354 e. The van der Waals surface area contributed by atoms with E-state index in [9.17, 15) is 4.79 Å². The van der Waals surface area contributed by atoms with Gasteiger partial charge in [0.05, 0.1) is 12.2 Å². The molecule has 2 aromatic carbocycles. The van der Waals surface area contributed by atoms with E-state index in [-0.39, 0.29) is 11.8 Å². The predicted molar refractivity (Wildman–Crippen MR) is 104 cm³/mol. The van der Waals surface area contributed by atoms with Crippen LogP contribution in [0.4, 0.5) is 0 Å². The number of carbonyl (C=O) groups excluding carboxylic acids is 1. The number of carbonyl (C=O) groups is 1. The van der Waals surface area contributed by atoms with Gasteiger partial charge in [-0.2, -0.15) is 5.10 Å². The van der Waals surface area contributed by atoms with Crippen LogP contribution in [0.3, 0.4) is 0 Å². The van der Waals surface area contributed by atoms with Gasteiger partial charge in [-0.25, -0.2) is 0 Å². The molecular formula is C22H25N3O. The first-order valence-electron chi connectivity index (χ1n) is 9.01. The van der Waals surface area contributed by atoms with E-state index in [1.165, 1.54) is 0 Å². The van der Waals surface area contributed by atoms with Crippen molar-refractivity contribution in [1.29, 1.82) is 0 Å². The van der Waals surface area contributed by atoms with Crippen molar-refractivity contribution in [3.05, 3.63) is 89.2 Å². The number of hydrogen-bond acceptors (Lipinski definition) is 2. The predicted octanol–water partition coefficient (Wildman–Crippen LogP) is 3.84. The number of amides is 1. The first kappa shape index (κ1) is 17.9. The lowest BCUT2D eigenvalue weighted by Crippen LogP contribution is -2.29. The summed E-state index contributed by atoms with van der Waals surface area (Å²) >= 11 is 0. The number of nitrogens with one attached hydrogen (secondary N) is 1. The number of nitrogens with zero attached hydrogens (tertiary/aromatic N) is 2. The fraction of sp³-hybridized carbons (Fsp3) is 0.273. The maximum atomic E-state index is 12.5. The zero-order valence-electron chi connectivity index (χ0n) is 15.4. The summed E-state index contributed by atoms with van der Waals surface area (Å²) in [6, 6.07) is 22.5. The Labute approximate surface area is 154 Å². The summed E-state index contributed by atoms with van der Waals surface area (Å²) in [7, 11) is 0. The van der Waals surface area contributed by atoms with E-state index in [4.69, 9.17) is 0 Å². The summed E-state index contributed by atoms with van der Waals surface area (Å²) in [5.41, 5.74) is 4.44. The average Bonchev–Trinajstić information content (AvgIpc) is 2.98. The second-order valence-corrected chi connectivity index (χ2v) is 6.58. The maximum Gasteiger partial charge on any atom is 0.221 e. The Morgan fingerprint density at radius 2 is 1.58 bits per heavy atom. The smallest absolute Gasteiger partial charge is 0.221 e. The van der Waals surface area contributed by atoms with Crippen molar-refractivity contribution in [3.63, 3.8) is 0 Å². The summed E-state index contributed by atoms with van der Waals surface area (Å²) in [5.74, 6) is 0.121. The Morgan fingerprint density at radius 3 is 2.08 bits per heavy atom. The molecule has 0 bridgehead atoms. The van der Waals surface area contributed by atoms with E-state index in [1.807, 2.05) is 61.0 Å². The molecule has 1 amide bonds. The molecule has 3 rings (SSSR count). The lowest BCUT2D eigenvalue weighted by molar-refractivity contribution is -0.121. The molecule has 26 heavy (non-hydrogen) atoms. The van der Waals surface area contributed by atoms with Crippen molar-refractivity contribution < 1.29 is 4.79 Å². The Hall–Kier alpha value is -2.88. The Balaban J connectivity index is 1.63. The summed E-state index contributed by atoms with van der Waals surface area (Å²) in [4.78, 5) is 12.5. The molecule has 0 spiro atoms. The molecule has 1 heterocycles. The van der Waals surface area contributed by atoms with Gasteiger partial charge in [0.2, 0.25) is 5.91 Å². The second kappa shape index (κ2) is 8.48. The van der Waals surface area contributed by atoms with Crippen molar-refractivity contribution in [2.45, 2.75) is 32.7 Å². The van der Waals surface area contributed by atoms with Crippen molar-refractivity contribution in [3.8, 4) is 0 Å². The highest BCUT2D eigenvalue weighted by atomic mass is 16.1. The van der Waals surface area contributed by atoms with E-state index in [1.54, 1.807) is 0 Å². The highest BCUT2D eigenvalue weighted by Crippen LogP contribution is 2.27. The average molecular weight is 347 g/mol. The monoisotopic (exact) mass is 347 g/mol. The molecular weight excluding hydrogens is 322 g/mol. The lowest BCUT2D eigenvalue weighted by atomic mass is 9.88. The van der Waals surface area contributed by atoms with E-state index in [2.05, 4.69) is 34.7 Å². The van der Waals surface area contributed by atoms with E-state index >= 15 is 0 Å². The zero-order chi connectivity index (χ0) is 18.4. The number of rotatable bonds is 7. The van der Waals surface area contributed by atoms with Crippen LogP contribution < -0.4 is 5.32 Å². The summed E-state index contributed by atoms with van der Waals surface area (Å²) in [5, 5.41) is 7.47. The maximum absolute atomic E-state index is 12.5. The van der Waals surface area contributed by atoms with Crippen LogP contribution in [0.25, 0.3) is 0 Å². The number of benzene rings is 2. The Kier molecular flexibility index (Phi) is 5.84. The minimum absolute atomic E-state index is 0.0595. The molecule has 3 aromatic rings. The van der Waals surface area contributed by atoms with Gasteiger partial charge in [0.1, 0.15) is 0 Å². The summed E-state index contributed by atoms with van der Waals surface area (Å²) < 4.78 is 1.93. The van der Waals surface area contributed by atoms with E-state index < -0.39 is 0 Å². The molecule has 0 fully saturated rings. The van der Waals surface area contributed by atoms with Gasteiger partial charge in [0.15, 0.2) is 0 Å². The Morgan fingerprint density at radius 1 is 1.00 bits per heavy atom. The van der Waals surface area contributed by atoms with Crippen LogP contribution in [0.1, 0.15) is 34.9 Å². The van der Waals surface area contributed by atoms with Gasteiger partial charge in [0.25, 0.3) is 0 Å². The highest BCUT2D eigenvalue weighted by molar-refractivity contribution is 5.77. The van der Waals surface area contributed by atoms with Crippen LogP contribution in [-0.4, -0.2) is 22.2 Å². The number of aromatic nitrogens is 2. The van der Waals surface area contributed by atoms with E-state index in [0.29, 0.717) is 19.5 Å². The van der Waals surface area contributed by atoms with Gasteiger partial charge < -0.3 is 5.32 Å². The lowest BCUT2D eigenvalue weighted by Gasteiger charge is -2.18. The third-order valence-corrected chi connectivity index (χ3v) is 4.54. The van der Waals surface area contributed by atoms with Crippen molar-refractivity contribution in [1.82, 2.24) is 15.1 Å². The first-order chi connectivity index (χ1) is 12.6.